The number of aliphatic carboxylic acids is 1. The third-order valence-electron chi connectivity index (χ3n) is 6.84. The van der Waals surface area contributed by atoms with E-state index in [0.29, 0.717) is 27.9 Å². The van der Waals surface area contributed by atoms with Gasteiger partial charge in [-0.15, -0.1) is 0 Å². The van der Waals surface area contributed by atoms with Crippen molar-refractivity contribution in [2.75, 3.05) is 14.9 Å². The molecule has 0 radical (unpaired) electrons. The molecule has 0 aliphatic carbocycles. The summed E-state index contributed by atoms with van der Waals surface area (Å²) in [7, 11) is 0. The van der Waals surface area contributed by atoms with Gasteiger partial charge in [-0.2, -0.15) is 0 Å². The molecule has 0 bridgehead atoms. The lowest BCUT2D eigenvalue weighted by Gasteiger charge is -2.34. The van der Waals surface area contributed by atoms with E-state index in [1.54, 1.807) is 101 Å². The lowest BCUT2D eigenvalue weighted by atomic mass is 10.0. The molecule has 0 saturated heterocycles. The molecule has 2 atom stereocenters. The van der Waals surface area contributed by atoms with E-state index in [1.807, 2.05) is 0 Å². The van der Waals surface area contributed by atoms with Crippen molar-refractivity contribution in [1.82, 2.24) is 0 Å². The summed E-state index contributed by atoms with van der Waals surface area (Å²) in [6, 6.07) is 17.6. The quantitative estimate of drug-likeness (QED) is 0.193. The third-order valence-corrected chi connectivity index (χ3v) is 7.60. The fourth-order valence-corrected chi connectivity index (χ4v) is 5.44. The first kappa shape index (κ1) is 30.5. The first-order valence-corrected chi connectivity index (χ1v) is 14.4. The molecular formula is C31H32N3O7S-. The molecule has 0 aliphatic rings. The van der Waals surface area contributed by atoms with Crippen LogP contribution in [0.25, 0.3) is 22.1 Å². The van der Waals surface area contributed by atoms with E-state index < -0.39 is 35.1 Å². The van der Waals surface area contributed by atoms with Gasteiger partial charge in [-0.25, -0.2) is 4.79 Å². The highest BCUT2D eigenvalue weighted by Gasteiger charge is 2.30. The molecule has 0 saturated carbocycles. The van der Waals surface area contributed by atoms with Crippen LogP contribution in [0.1, 0.15) is 43.8 Å². The molecule has 2 unspecified atom stereocenters. The van der Waals surface area contributed by atoms with Crippen molar-refractivity contribution < 1.29 is 32.7 Å². The summed E-state index contributed by atoms with van der Waals surface area (Å²) in [5.41, 5.74) is 4.02. The molecule has 11 heteroatoms. The number of carboxylic acid groups (broad SMARTS) is 1. The van der Waals surface area contributed by atoms with Crippen molar-refractivity contribution in [2.24, 2.45) is 11.8 Å². The van der Waals surface area contributed by atoms with Gasteiger partial charge in [0, 0.05) is 39.5 Å². The molecule has 3 aromatic carbocycles. The zero-order valence-electron chi connectivity index (χ0n) is 23.8. The van der Waals surface area contributed by atoms with Crippen LogP contribution in [-0.2, 0) is 20.9 Å². The molecule has 2 amide bonds. The maximum atomic E-state index is 13.1. The fraction of sp³-hybridized carbons (Fsp3) is 0.258. The summed E-state index contributed by atoms with van der Waals surface area (Å²) in [4.78, 5) is 37.1. The molecule has 0 spiro atoms. The number of hydrogen-bond donors (Lipinski definition) is 3. The van der Waals surface area contributed by atoms with Crippen LogP contribution in [0.2, 0.25) is 0 Å². The number of carbonyl (C=O) groups is 3. The lowest BCUT2D eigenvalue weighted by molar-refractivity contribution is -0.139. The third kappa shape index (κ3) is 6.37. The van der Waals surface area contributed by atoms with Gasteiger partial charge in [-0.05, 0) is 60.4 Å². The Morgan fingerprint density at radius 1 is 0.905 bits per heavy atom. The van der Waals surface area contributed by atoms with Crippen LogP contribution in [0.15, 0.2) is 71.1 Å². The number of carboxylic acids is 1. The molecule has 10 nitrogen and oxygen atoms in total. The number of amides is 2. The lowest BCUT2D eigenvalue weighted by Crippen LogP contribution is -2.45. The molecule has 42 heavy (non-hydrogen) atoms. The number of nitrogens with zero attached hydrogens (tertiary/aromatic N) is 1. The van der Waals surface area contributed by atoms with Crippen molar-refractivity contribution in [2.45, 2.75) is 40.7 Å². The number of hydrogen-bond acceptors (Lipinski definition) is 6. The second-order valence-corrected chi connectivity index (χ2v) is 11.4. The topological polar surface area (TPSA) is 152 Å². The molecular weight excluding hydrogens is 558 g/mol. The molecule has 4 rings (SSSR count). The smallest absolute Gasteiger partial charge is 0.327 e. The van der Waals surface area contributed by atoms with E-state index in [0.717, 1.165) is 15.4 Å². The number of anilines is 3. The standard InChI is InChI=1S/C31H33N3O7S/c1-17(2)27(31(37)38)34(42(39)40)23-15-11-21(12-16-23)20-9-13-22(14-10-20)32-30(36)28-19(5)26-24(33-29(35)18(3)4)7-6-8-25(26)41-28/h6-18,27H,1-5H3,(H,32,36)(H,33,35)(H,37,38)(H,39,40)/p-1. The molecule has 1 aromatic heterocycles. The Balaban J connectivity index is 1.52. The Labute approximate surface area is 246 Å². The van der Waals surface area contributed by atoms with E-state index in [2.05, 4.69) is 10.6 Å². The molecule has 1 heterocycles. The van der Waals surface area contributed by atoms with Crippen molar-refractivity contribution in [3.05, 3.63) is 78.1 Å². The Morgan fingerprint density at radius 3 is 2.02 bits per heavy atom. The van der Waals surface area contributed by atoms with Gasteiger partial charge in [-0.1, -0.05) is 58.0 Å². The number of aryl methyl sites for hydroxylation is 1. The van der Waals surface area contributed by atoms with Gasteiger partial charge in [0.1, 0.15) is 11.6 Å². The fourth-order valence-electron chi connectivity index (χ4n) is 4.63. The molecule has 3 N–H and O–H groups in total. The zero-order chi connectivity index (χ0) is 30.7. The summed E-state index contributed by atoms with van der Waals surface area (Å²) >= 11 is -2.78. The normalized spacial score (nSPS) is 12.8. The first-order valence-electron chi connectivity index (χ1n) is 13.3. The number of fused-ring (bicyclic) bond motifs is 1. The first-order chi connectivity index (χ1) is 19.9. The predicted molar refractivity (Wildman–Crippen MR) is 162 cm³/mol. The minimum absolute atomic E-state index is 0.136. The highest BCUT2D eigenvalue weighted by atomic mass is 32.2. The van der Waals surface area contributed by atoms with Gasteiger partial charge in [0.05, 0.1) is 5.69 Å². The van der Waals surface area contributed by atoms with Crippen molar-refractivity contribution in [3.63, 3.8) is 0 Å². The second kappa shape index (κ2) is 12.6. The van der Waals surface area contributed by atoms with E-state index >= 15 is 0 Å². The molecule has 220 valence electrons. The number of carbonyl (C=O) groups excluding carboxylic acids is 2. The second-order valence-electron chi connectivity index (χ2n) is 10.5. The van der Waals surface area contributed by atoms with E-state index in [1.165, 1.54) is 0 Å². The van der Waals surface area contributed by atoms with Crippen molar-refractivity contribution >= 4 is 57.1 Å². The Kier molecular flexibility index (Phi) is 9.13. The van der Waals surface area contributed by atoms with Crippen LogP contribution >= 0.6 is 0 Å². The average molecular weight is 591 g/mol. The van der Waals surface area contributed by atoms with E-state index in [-0.39, 0.29) is 23.3 Å². The summed E-state index contributed by atoms with van der Waals surface area (Å²) in [6.45, 7) is 8.66. The molecule has 0 fully saturated rings. The summed E-state index contributed by atoms with van der Waals surface area (Å²) in [5.74, 6) is -2.32. The summed E-state index contributed by atoms with van der Waals surface area (Å²) in [6.07, 6.45) is 0. The van der Waals surface area contributed by atoms with Gasteiger partial charge in [0.2, 0.25) is 5.91 Å². The van der Waals surface area contributed by atoms with Gasteiger partial charge < -0.3 is 24.7 Å². The summed E-state index contributed by atoms with van der Waals surface area (Å²) < 4.78 is 30.5. The predicted octanol–water partition coefficient (Wildman–Crippen LogP) is 5.96. The number of nitrogens with one attached hydrogen (secondary N) is 2. The SMILES string of the molecule is Cc1c(C(=O)Nc2ccc(-c3ccc(N(C(C(=O)O)C(C)C)S(=O)[O-])cc3)cc2)oc2cccc(NC(=O)C(C)C)c12. The minimum atomic E-state index is -2.78. The van der Waals surface area contributed by atoms with Crippen molar-refractivity contribution in [1.29, 1.82) is 0 Å². The van der Waals surface area contributed by atoms with Crippen molar-refractivity contribution in [3.8, 4) is 11.1 Å². The Hall–Kier alpha value is -4.48. The number of furan rings is 1. The highest BCUT2D eigenvalue weighted by molar-refractivity contribution is 7.80. The van der Waals surface area contributed by atoms with Gasteiger partial charge in [0.15, 0.2) is 5.76 Å². The van der Waals surface area contributed by atoms with Crippen LogP contribution < -0.4 is 14.9 Å². The van der Waals surface area contributed by atoms with Crippen LogP contribution in [0.5, 0.6) is 0 Å². The Bertz CT molecular complexity index is 1640. The monoisotopic (exact) mass is 590 g/mol. The van der Waals surface area contributed by atoms with E-state index in [9.17, 15) is 28.3 Å². The van der Waals surface area contributed by atoms with Gasteiger partial charge >= 0.3 is 5.97 Å². The number of rotatable bonds is 10. The largest absolute Gasteiger partial charge is 0.755 e. The molecule has 4 aromatic rings. The van der Waals surface area contributed by atoms with Crippen LogP contribution in [-0.4, -0.2) is 37.7 Å². The van der Waals surface area contributed by atoms with Crippen LogP contribution in [0, 0.1) is 18.8 Å². The maximum Gasteiger partial charge on any atom is 0.327 e. The highest BCUT2D eigenvalue weighted by Crippen LogP contribution is 2.33. The minimum Gasteiger partial charge on any atom is -0.755 e. The van der Waals surface area contributed by atoms with Crippen LogP contribution in [0.3, 0.4) is 0 Å². The maximum absolute atomic E-state index is 13.1. The van der Waals surface area contributed by atoms with Gasteiger partial charge in [-0.3, -0.25) is 18.1 Å². The average Bonchev–Trinajstić information content (AvgIpc) is 3.28. The summed E-state index contributed by atoms with van der Waals surface area (Å²) in [5, 5.41) is 16.0. The van der Waals surface area contributed by atoms with Crippen LogP contribution in [0.4, 0.5) is 17.1 Å². The van der Waals surface area contributed by atoms with E-state index in [4.69, 9.17) is 4.42 Å². The number of benzene rings is 3. The zero-order valence-corrected chi connectivity index (χ0v) is 24.7. The van der Waals surface area contributed by atoms with Gasteiger partial charge in [0.25, 0.3) is 5.91 Å². The Morgan fingerprint density at radius 2 is 1.50 bits per heavy atom. The molecule has 0 aliphatic heterocycles.